The molecule has 1 saturated heterocycles. The van der Waals surface area contributed by atoms with Crippen LogP contribution in [0.25, 0.3) is 10.9 Å². The molecular formula is C25H28N4O7. The van der Waals surface area contributed by atoms with E-state index in [0.717, 1.165) is 34.3 Å². The molecule has 3 N–H and O–H groups in total. The van der Waals surface area contributed by atoms with Gasteiger partial charge < -0.3 is 24.8 Å². The first-order valence-corrected chi connectivity index (χ1v) is 11.4. The third-order valence-corrected chi connectivity index (χ3v) is 5.78. The van der Waals surface area contributed by atoms with Crippen molar-refractivity contribution >= 4 is 40.3 Å². The van der Waals surface area contributed by atoms with Gasteiger partial charge in [0.15, 0.2) is 5.76 Å². The fourth-order valence-electron chi connectivity index (χ4n) is 3.91. The highest BCUT2D eigenvalue weighted by Gasteiger charge is 2.25. The SMILES string of the molecule is CCc1nc2ccccc2c(NC(=O)CN2CCN(C(=O)c3ccco3)CC2)c1C.O=C(O)C(=O)O. The van der Waals surface area contributed by atoms with Gasteiger partial charge in [0.1, 0.15) is 0 Å². The van der Waals surface area contributed by atoms with Gasteiger partial charge in [0.2, 0.25) is 5.91 Å². The molecule has 1 aliphatic heterocycles. The number of carbonyl (C=O) groups excluding carboxylic acids is 2. The average Bonchev–Trinajstić information content (AvgIpc) is 3.41. The molecule has 36 heavy (non-hydrogen) atoms. The standard InChI is InChI=1S/C23H26N4O3.C2H2O4/c1-3-18-16(2)22(17-7-4-5-8-19(17)24-18)25-21(28)15-26-10-12-27(13-11-26)23(29)20-9-6-14-30-20;3-1(4)2(5)6/h4-9,14H,3,10-13,15H2,1-2H3,(H,24,25,28);(H,3,4)(H,5,6). The minimum atomic E-state index is -1.82. The summed E-state index contributed by atoms with van der Waals surface area (Å²) >= 11 is 0. The summed E-state index contributed by atoms with van der Waals surface area (Å²) in [5.41, 5.74) is 3.74. The Hall–Kier alpha value is -4.25. The number of hydrogen-bond acceptors (Lipinski definition) is 7. The number of benzene rings is 1. The van der Waals surface area contributed by atoms with Crippen molar-refractivity contribution in [3.8, 4) is 0 Å². The molecule has 4 rings (SSSR count). The third-order valence-electron chi connectivity index (χ3n) is 5.78. The second-order valence-corrected chi connectivity index (χ2v) is 8.13. The van der Waals surface area contributed by atoms with E-state index in [4.69, 9.17) is 29.2 Å². The monoisotopic (exact) mass is 496 g/mol. The summed E-state index contributed by atoms with van der Waals surface area (Å²) in [5.74, 6) is -3.45. The number of pyridine rings is 1. The Morgan fingerprint density at radius 2 is 1.67 bits per heavy atom. The van der Waals surface area contributed by atoms with Gasteiger partial charge in [0, 0.05) is 37.3 Å². The quantitative estimate of drug-likeness (QED) is 0.451. The van der Waals surface area contributed by atoms with E-state index in [2.05, 4.69) is 17.1 Å². The topological polar surface area (TPSA) is 153 Å². The van der Waals surface area contributed by atoms with E-state index < -0.39 is 11.9 Å². The number of carbonyl (C=O) groups is 4. The van der Waals surface area contributed by atoms with Crippen molar-refractivity contribution in [1.29, 1.82) is 0 Å². The molecule has 1 fully saturated rings. The maximum absolute atomic E-state index is 12.8. The number of fused-ring (bicyclic) bond motifs is 1. The Labute approximate surface area is 207 Å². The summed E-state index contributed by atoms with van der Waals surface area (Å²) in [6, 6.07) is 11.3. The number of aliphatic carboxylic acids is 2. The molecule has 2 aromatic heterocycles. The van der Waals surface area contributed by atoms with Gasteiger partial charge in [-0.15, -0.1) is 0 Å². The number of aromatic nitrogens is 1. The van der Waals surface area contributed by atoms with Gasteiger partial charge in [-0.25, -0.2) is 9.59 Å². The first kappa shape index (κ1) is 26.4. The maximum atomic E-state index is 12.8. The zero-order valence-corrected chi connectivity index (χ0v) is 20.1. The molecule has 1 aliphatic rings. The van der Waals surface area contributed by atoms with Gasteiger partial charge in [0.05, 0.1) is 24.0 Å². The van der Waals surface area contributed by atoms with Crippen LogP contribution in [-0.4, -0.2) is 81.5 Å². The number of anilines is 1. The predicted octanol–water partition coefficient (Wildman–Crippen LogP) is 2.25. The van der Waals surface area contributed by atoms with Crippen LogP contribution in [0.5, 0.6) is 0 Å². The maximum Gasteiger partial charge on any atom is 0.414 e. The minimum Gasteiger partial charge on any atom is -0.473 e. The molecule has 0 spiro atoms. The Morgan fingerprint density at radius 3 is 2.25 bits per heavy atom. The lowest BCUT2D eigenvalue weighted by Gasteiger charge is -2.33. The lowest BCUT2D eigenvalue weighted by molar-refractivity contribution is -0.159. The molecule has 1 aromatic carbocycles. The van der Waals surface area contributed by atoms with E-state index in [1.165, 1.54) is 6.26 Å². The van der Waals surface area contributed by atoms with Crippen molar-refractivity contribution in [1.82, 2.24) is 14.8 Å². The molecule has 190 valence electrons. The second kappa shape index (κ2) is 11.9. The highest BCUT2D eigenvalue weighted by Crippen LogP contribution is 2.28. The number of amides is 2. The van der Waals surface area contributed by atoms with Gasteiger partial charge >= 0.3 is 11.9 Å². The first-order chi connectivity index (χ1) is 17.2. The third kappa shape index (κ3) is 6.45. The number of rotatable bonds is 5. The fourth-order valence-corrected chi connectivity index (χ4v) is 3.91. The van der Waals surface area contributed by atoms with Crippen LogP contribution in [0, 0.1) is 6.92 Å². The molecule has 0 radical (unpaired) electrons. The lowest BCUT2D eigenvalue weighted by atomic mass is 10.1. The predicted molar refractivity (Wildman–Crippen MR) is 131 cm³/mol. The molecule has 2 amide bonds. The number of carboxylic acids is 2. The number of furan rings is 1. The molecule has 0 atom stereocenters. The zero-order chi connectivity index (χ0) is 26.2. The van der Waals surface area contributed by atoms with Crippen molar-refractivity contribution in [3.05, 3.63) is 59.7 Å². The molecule has 0 unspecified atom stereocenters. The van der Waals surface area contributed by atoms with Crippen molar-refractivity contribution in [2.45, 2.75) is 20.3 Å². The van der Waals surface area contributed by atoms with Crippen LogP contribution in [0.4, 0.5) is 5.69 Å². The van der Waals surface area contributed by atoms with Crippen LogP contribution in [-0.2, 0) is 20.8 Å². The summed E-state index contributed by atoms with van der Waals surface area (Å²) < 4.78 is 5.20. The van der Waals surface area contributed by atoms with Crippen LogP contribution in [0.3, 0.4) is 0 Å². The second-order valence-electron chi connectivity index (χ2n) is 8.13. The van der Waals surface area contributed by atoms with Crippen molar-refractivity contribution in [2.75, 3.05) is 38.0 Å². The molecule has 3 heterocycles. The Bertz CT molecular complexity index is 1240. The molecule has 0 saturated carbocycles. The number of nitrogens with one attached hydrogen (secondary N) is 1. The van der Waals surface area contributed by atoms with Crippen LogP contribution < -0.4 is 5.32 Å². The number of para-hydroxylation sites is 1. The van der Waals surface area contributed by atoms with Crippen LogP contribution >= 0.6 is 0 Å². The van der Waals surface area contributed by atoms with Crippen molar-refractivity contribution in [3.63, 3.8) is 0 Å². The van der Waals surface area contributed by atoms with Crippen molar-refractivity contribution in [2.24, 2.45) is 0 Å². The molecule has 11 nitrogen and oxygen atoms in total. The van der Waals surface area contributed by atoms with E-state index >= 15 is 0 Å². The number of piperazine rings is 1. The molecular weight excluding hydrogens is 468 g/mol. The Morgan fingerprint density at radius 1 is 1.00 bits per heavy atom. The number of aryl methyl sites for hydroxylation is 1. The van der Waals surface area contributed by atoms with E-state index in [0.29, 0.717) is 38.5 Å². The minimum absolute atomic E-state index is 0.0534. The van der Waals surface area contributed by atoms with Gasteiger partial charge in [-0.05, 0) is 37.1 Å². The highest BCUT2D eigenvalue weighted by atomic mass is 16.4. The lowest BCUT2D eigenvalue weighted by Crippen LogP contribution is -2.50. The van der Waals surface area contributed by atoms with E-state index in [1.807, 2.05) is 31.2 Å². The summed E-state index contributed by atoms with van der Waals surface area (Å²) in [5, 5.41) is 18.9. The van der Waals surface area contributed by atoms with Crippen LogP contribution in [0.1, 0.15) is 28.7 Å². The van der Waals surface area contributed by atoms with Gasteiger partial charge in [-0.1, -0.05) is 25.1 Å². The van der Waals surface area contributed by atoms with E-state index in [1.54, 1.807) is 17.0 Å². The Kier molecular flexibility index (Phi) is 8.74. The summed E-state index contributed by atoms with van der Waals surface area (Å²) in [6.45, 7) is 6.81. The molecule has 0 aliphatic carbocycles. The fraction of sp³-hybridized carbons (Fsp3) is 0.320. The normalized spacial score (nSPS) is 13.6. The molecule has 3 aromatic rings. The summed E-state index contributed by atoms with van der Waals surface area (Å²) in [7, 11) is 0. The van der Waals surface area contributed by atoms with Gasteiger partial charge in [-0.3, -0.25) is 19.5 Å². The average molecular weight is 497 g/mol. The summed E-state index contributed by atoms with van der Waals surface area (Å²) in [6.07, 6.45) is 2.31. The molecule has 11 heteroatoms. The Balaban J connectivity index is 0.000000538. The highest BCUT2D eigenvalue weighted by molar-refractivity contribution is 6.27. The van der Waals surface area contributed by atoms with Crippen LogP contribution in [0.15, 0.2) is 47.1 Å². The molecule has 0 bridgehead atoms. The summed E-state index contributed by atoms with van der Waals surface area (Å²) in [4.78, 5) is 51.9. The van der Waals surface area contributed by atoms with E-state index in [-0.39, 0.29) is 11.8 Å². The van der Waals surface area contributed by atoms with Gasteiger partial charge in [0.25, 0.3) is 5.91 Å². The smallest absolute Gasteiger partial charge is 0.414 e. The van der Waals surface area contributed by atoms with Crippen LogP contribution in [0.2, 0.25) is 0 Å². The largest absolute Gasteiger partial charge is 0.473 e. The van der Waals surface area contributed by atoms with E-state index in [9.17, 15) is 9.59 Å². The van der Waals surface area contributed by atoms with Crippen molar-refractivity contribution < 1.29 is 33.8 Å². The zero-order valence-electron chi connectivity index (χ0n) is 20.1. The first-order valence-electron chi connectivity index (χ1n) is 11.4. The number of carboxylic acid groups (broad SMARTS) is 2. The number of nitrogens with zero attached hydrogens (tertiary/aromatic N) is 3. The van der Waals surface area contributed by atoms with Gasteiger partial charge in [-0.2, -0.15) is 0 Å². The number of hydrogen-bond donors (Lipinski definition) is 3.